The van der Waals surface area contributed by atoms with Gasteiger partial charge in [0.05, 0.1) is 18.5 Å². The van der Waals surface area contributed by atoms with Gasteiger partial charge in [-0.1, -0.05) is 12.1 Å². The summed E-state index contributed by atoms with van der Waals surface area (Å²) in [7, 11) is 0. The van der Waals surface area contributed by atoms with Crippen LogP contribution in [-0.4, -0.2) is 18.5 Å². The van der Waals surface area contributed by atoms with E-state index in [0.717, 1.165) is 18.9 Å². The molecule has 2 nitrogen and oxygen atoms in total. The van der Waals surface area contributed by atoms with Gasteiger partial charge in [0.2, 0.25) is 0 Å². The zero-order valence-electron chi connectivity index (χ0n) is 7.62. The Morgan fingerprint density at radius 1 is 1.46 bits per heavy atom. The molecule has 0 aromatic heterocycles. The Kier molecular flexibility index (Phi) is 2.47. The van der Waals surface area contributed by atoms with E-state index in [1.807, 2.05) is 23.9 Å². The van der Waals surface area contributed by atoms with E-state index < -0.39 is 0 Å². The first-order valence-electron chi connectivity index (χ1n) is 4.37. The number of ether oxygens (including phenoxy) is 1. The van der Waals surface area contributed by atoms with Gasteiger partial charge in [-0.15, -0.1) is 11.8 Å². The van der Waals surface area contributed by atoms with E-state index in [0.29, 0.717) is 5.25 Å². The lowest BCUT2D eigenvalue weighted by molar-refractivity contribution is 0.0455. The van der Waals surface area contributed by atoms with E-state index in [-0.39, 0.29) is 0 Å². The fraction of sp³-hybridized carbons (Fsp3) is 0.400. The Hall–Kier alpha value is -0.670. The number of aryl methyl sites for hydroxylation is 1. The number of rotatable bonds is 2. The van der Waals surface area contributed by atoms with Crippen LogP contribution >= 0.6 is 11.8 Å². The zero-order chi connectivity index (χ0) is 9.26. The van der Waals surface area contributed by atoms with Crippen molar-refractivity contribution in [2.45, 2.75) is 17.1 Å². The van der Waals surface area contributed by atoms with Gasteiger partial charge in [-0.2, -0.15) is 0 Å². The third kappa shape index (κ3) is 1.81. The monoisotopic (exact) mass is 195 g/mol. The van der Waals surface area contributed by atoms with Crippen LogP contribution in [0.15, 0.2) is 23.1 Å². The molecule has 1 fully saturated rings. The van der Waals surface area contributed by atoms with Crippen LogP contribution in [0, 0.1) is 6.92 Å². The molecule has 0 spiro atoms. The predicted molar refractivity (Wildman–Crippen MR) is 56.1 cm³/mol. The van der Waals surface area contributed by atoms with Crippen molar-refractivity contribution in [2.24, 2.45) is 0 Å². The molecule has 0 amide bonds. The van der Waals surface area contributed by atoms with Crippen LogP contribution in [0.5, 0.6) is 0 Å². The highest BCUT2D eigenvalue weighted by atomic mass is 32.2. The molecule has 70 valence electrons. The van der Waals surface area contributed by atoms with Gasteiger partial charge in [0.25, 0.3) is 0 Å². The van der Waals surface area contributed by atoms with Crippen LogP contribution < -0.4 is 5.73 Å². The molecule has 1 aromatic rings. The molecule has 3 heteroatoms. The van der Waals surface area contributed by atoms with Crippen LogP contribution in [0.2, 0.25) is 0 Å². The summed E-state index contributed by atoms with van der Waals surface area (Å²) in [6.45, 7) is 3.81. The molecule has 0 aliphatic carbocycles. The van der Waals surface area contributed by atoms with Gasteiger partial charge >= 0.3 is 0 Å². The number of hydrogen-bond acceptors (Lipinski definition) is 3. The van der Waals surface area contributed by atoms with Crippen LogP contribution in [0.25, 0.3) is 0 Å². The lowest BCUT2D eigenvalue weighted by Gasteiger charge is -2.26. The number of hydrogen-bond donors (Lipinski definition) is 1. The highest BCUT2D eigenvalue weighted by molar-refractivity contribution is 8.00. The number of thioether (sulfide) groups is 1. The molecule has 0 radical (unpaired) electrons. The van der Waals surface area contributed by atoms with Crippen molar-refractivity contribution in [3.05, 3.63) is 23.8 Å². The lowest BCUT2D eigenvalue weighted by Crippen LogP contribution is -2.30. The minimum Gasteiger partial charge on any atom is -0.398 e. The molecule has 1 heterocycles. The summed E-state index contributed by atoms with van der Waals surface area (Å²) in [6, 6.07) is 6.04. The predicted octanol–water partition coefficient (Wildman–Crippen LogP) is 2.07. The fourth-order valence-corrected chi connectivity index (χ4v) is 2.40. The average molecular weight is 195 g/mol. The first-order chi connectivity index (χ1) is 6.27. The molecule has 13 heavy (non-hydrogen) atoms. The van der Waals surface area contributed by atoms with E-state index >= 15 is 0 Å². The Morgan fingerprint density at radius 2 is 2.23 bits per heavy atom. The van der Waals surface area contributed by atoms with Gasteiger partial charge in [0.1, 0.15) is 0 Å². The van der Waals surface area contributed by atoms with Crippen molar-refractivity contribution < 1.29 is 4.74 Å². The van der Waals surface area contributed by atoms with Gasteiger partial charge < -0.3 is 10.5 Å². The molecule has 1 aliphatic heterocycles. The van der Waals surface area contributed by atoms with Crippen molar-refractivity contribution >= 4 is 17.4 Å². The lowest BCUT2D eigenvalue weighted by atomic mass is 10.2. The number of benzene rings is 1. The summed E-state index contributed by atoms with van der Waals surface area (Å²) in [6.07, 6.45) is 0. The van der Waals surface area contributed by atoms with E-state index in [4.69, 9.17) is 10.5 Å². The second-order valence-electron chi connectivity index (χ2n) is 3.27. The van der Waals surface area contributed by atoms with Crippen molar-refractivity contribution in [1.82, 2.24) is 0 Å². The SMILES string of the molecule is Cc1cccc(N)c1SC1COC1. The molecule has 0 bridgehead atoms. The van der Waals surface area contributed by atoms with Crippen molar-refractivity contribution in [3.63, 3.8) is 0 Å². The van der Waals surface area contributed by atoms with Gasteiger partial charge in [-0.3, -0.25) is 0 Å². The summed E-state index contributed by atoms with van der Waals surface area (Å²) in [5.74, 6) is 0. The van der Waals surface area contributed by atoms with E-state index in [9.17, 15) is 0 Å². The third-order valence-electron chi connectivity index (χ3n) is 2.13. The standard InChI is InChI=1S/C10H13NOS/c1-7-3-2-4-9(11)10(7)13-8-5-12-6-8/h2-4,8H,5-6,11H2,1H3. The first kappa shape index (κ1) is 8.91. The highest BCUT2D eigenvalue weighted by Crippen LogP contribution is 2.34. The Balaban J connectivity index is 2.17. The second kappa shape index (κ2) is 3.60. The smallest absolute Gasteiger partial charge is 0.0611 e. The quantitative estimate of drug-likeness (QED) is 0.734. The normalized spacial score (nSPS) is 17.0. The van der Waals surface area contributed by atoms with Crippen LogP contribution in [0.4, 0.5) is 5.69 Å². The van der Waals surface area contributed by atoms with Crippen LogP contribution in [0.1, 0.15) is 5.56 Å². The van der Waals surface area contributed by atoms with Crippen molar-refractivity contribution in [2.75, 3.05) is 18.9 Å². The Labute approximate surface area is 82.5 Å². The molecule has 0 unspecified atom stereocenters. The molecule has 0 saturated carbocycles. The zero-order valence-corrected chi connectivity index (χ0v) is 8.43. The maximum atomic E-state index is 5.89. The van der Waals surface area contributed by atoms with E-state index in [2.05, 4.69) is 13.0 Å². The minimum atomic E-state index is 0.600. The number of anilines is 1. The first-order valence-corrected chi connectivity index (χ1v) is 5.25. The fourth-order valence-electron chi connectivity index (χ4n) is 1.28. The summed E-state index contributed by atoms with van der Waals surface area (Å²) >= 11 is 1.83. The summed E-state index contributed by atoms with van der Waals surface area (Å²) < 4.78 is 5.13. The van der Waals surface area contributed by atoms with Crippen LogP contribution in [0.3, 0.4) is 0 Å². The van der Waals surface area contributed by atoms with Gasteiger partial charge in [0, 0.05) is 10.6 Å². The maximum Gasteiger partial charge on any atom is 0.0611 e. The summed E-state index contributed by atoms with van der Waals surface area (Å²) in [4.78, 5) is 1.22. The molecule has 1 aromatic carbocycles. The van der Waals surface area contributed by atoms with Gasteiger partial charge in [-0.05, 0) is 18.6 Å². The largest absolute Gasteiger partial charge is 0.398 e. The molecule has 2 rings (SSSR count). The minimum absolute atomic E-state index is 0.600. The Morgan fingerprint density at radius 3 is 2.77 bits per heavy atom. The van der Waals surface area contributed by atoms with E-state index in [1.54, 1.807) is 0 Å². The molecule has 1 saturated heterocycles. The van der Waals surface area contributed by atoms with Crippen LogP contribution in [-0.2, 0) is 4.74 Å². The molecule has 2 N–H and O–H groups in total. The molecule has 0 atom stereocenters. The molecular formula is C10H13NOS. The summed E-state index contributed by atoms with van der Waals surface area (Å²) in [5.41, 5.74) is 8.03. The second-order valence-corrected chi connectivity index (χ2v) is 4.58. The Bertz CT molecular complexity index is 290. The highest BCUT2D eigenvalue weighted by Gasteiger charge is 2.21. The third-order valence-corrected chi connectivity index (χ3v) is 3.53. The van der Waals surface area contributed by atoms with E-state index in [1.165, 1.54) is 10.5 Å². The maximum absolute atomic E-state index is 5.89. The van der Waals surface area contributed by atoms with Gasteiger partial charge in [-0.25, -0.2) is 0 Å². The number of nitrogen functional groups attached to an aromatic ring is 1. The van der Waals surface area contributed by atoms with Crippen molar-refractivity contribution in [3.8, 4) is 0 Å². The van der Waals surface area contributed by atoms with Crippen molar-refractivity contribution in [1.29, 1.82) is 0 Å². The van der Waals surface area contributed by atoms with Gasteiger partial charge in [0.15, 0.2) is 0 Å². The average Bonchev–Trinajstić information content (AvgIpc) is 2.00. The number of nitrogens with two attached hydrogens (primary N) is 1. The topological polar surface area (TPSA) is 35.2 Å². The molecular weight excluding hydrogens is 182 g/mol. The summed E-state index contributed by atoms with van der Waals surface area (Å²) in [5, 5.41) is 0.600. The molecule has 1 aliphatic rings.